The minimum atomic E-state index is -0.276. The Morgan fingerprint density at radius 1 is 1.37 bits per heavy atom. The maximum absolute atomic E-state index is 11.7. The van der Waals surface area contributed by atoms with Crippen molar-refractivity contribution in [3.63, 3.8) is 0 Å². The van der Waals surface area contributed by atoms with Crippen molar-refractivity contribution in [2.45, 2.75) is 45.0 Å². The van der Waals surface area contributed by atoms with Crippen LogP contribution in [0.4, 0.5) is 0 Å². The van der Waals surface area contributed by atoms with Crippen molar-refractivity contribution in [2.75, 3.05) is 0 Å². The maximum Gasteiger partial charge on any atom is 0.419 e. The van der Waals surface area contributed by atoms with Crippen LogP contribution in [0.2, 0.25) is 0 Å². The predicted octanol–water partition coefficient (Wildman–Crippen LogP) is 4.49. The SMILES string of the molecule is CCCC(C)C(Br)c1ccc2c(c1)oc(=O)n2CC. The zero-order valence-electron chi connectivity index (χ0n) is 11.6. The molecule has 0 aliphatic rings. The van der Waals surface area contributed by atoms with E-state index in [0.717, 1.165) is 5.52 Å². The molecule has 0 spiro atoms. The second-order valence-corrected chi connectivity index (χ2v) is 5.99. The quantitative estimate of drug-likeness (QED) is 0.759. The Bertz CT molecular complexity index is 614. The number of aryl methyl sites for hydroxylation is 1. The lowest BCUT2D eigenvalue weighted by molar-refractivity contribution is 0.509. The normalized spacial score (nSPS) is 14.7. The number of rotatable bonds is 5. The summed E-state index contributed by atoms with van der Waals surface area (Å²) in [5, 5.41) is 0. The fourth-order valence-electron chi connectivity index (χ4n) is 2.48. The van der Waals surface area contributed by atoms with E-state index in [9.17, 15) is 4.79 Å². The van der Waals surface area contributed by atoms with Crippen LogP contribution in [0.5, 0.6) is 0 Å². The van der Waals surface area contributed by atoms with Crippen LogP contribution < -0.4 is 5.76 Å². The van der Waals surface area contributed by atoms with E-state index >= 15 is 0 Å². The lowest BCUT2D eigenvalue weighted by Crippen LogP contribution is -2.11. The largest absolute Gasteiger partial charge is 0.419 e. The first kappa shape index (κ1) is 14.4. The van der Waals surface area contributed by atoms with E-state index in [0.29, 0.717) is 22.9 Å². The van der Waals surface area contributed by atoms with E-state index in [4.69, 9.17) is 4.42 Å². The van der Waals surface area contributed by atoms with Gasteiger partial charge in [0.05, 0.1) is 5.52 Å². The van der Waals surface area contributed by atoms with Gasteiger partial charge in [0, 0.05) is 11.4 Å². The minimum absolute atomic E-state index is 0.276. The van der Waals surface area contributed by atoms with Crippen LogP contribution in [0.3, 0.4) is 0 Å². The first-order valence-electron chi connectivity index (χ1n) is 6.85. The van der Waals surface area contributed by atoms with Gasteiger partial charge >= 0.3 is 5.76 Å². The van der Waals surface area contributed by atoms with Crippen LogP contribution in [0, 0.1) is 5.92 Å². The third kappa shape index (κ3) is 2.78. The Morgan fingerprint density at radius 3 is 2.74 bits per heavy atom. The molecule has 0 saturated heterocycles. The summed E-state index contributed by atoms with van der Waals surface area (Å²) >= 11 is 3.75. The molecule has 0 N–H and O–H groups in total. The second kappa shape index (κ2) is 5.95. The molecule has 3 nitrogen and oxygen atoms in total. The van der Waals surface area contributed by atoms with Crippen molar-refractivity contribution in [2.24, 2.45) is 5.92 Å². The first-order valence-corrected chi connectivity index (χ1v) is 7.77. The van der Waals surface area contributed by atoms with Gasteiger partial charge in [-0.3, -0.25) is 4.57 Å². The third-order valence-electron chi connectivity index (χ3n) is 3.57. The summed E-state index contributed by atoms with van der Waals surface area (Å²) in [6, 6.07) is 6.04. The van der Waals surface area contributed by atoms with Crippen LogP contribution in [-0.2, 0) is 6.54 Å². The first-order chi connectivity index (χ1) is 9.08. The van der Waals surface area contributed by atoms with E-state index in [1.807, 2.05) is 19.1 Å². The molecule has 0 saturated carbocycles. The molecule has 1 heterocycles. The third-order valence-corrected chi connectivity index (χ3v) is 5.00. The molecule has 1 aromatic carbocycles. The smallest absolute Gasteiger partial charge is 0.408 e. The van der Waals surface area contributed by atoms with Gasteiger partial charge < -0.3 is 4.42 Å². The Labute approximate surface area is 121 Å². The van der Waals surface area contributed by atoms with Crippen molar-refractivity contribution >= 4 is 27.0 Å². The molecule has 1 aromatic heterocycles. The summed E-state index contributed by atoms with van der Waals surface area (Å²) in [5.74, 6) is 0.282. The molecule has 19 heavy (non-hydrogen) atoms. The molecule has 0 fully saturated rings. The van der Waals surface area contributed by atoms with Crippen LogP contribution in [0.25, 0.3) is 11.1 Å². The summed E-state index contributed by atoms with van der Waals surface area (Å²) in [4.78, 5) is 12.0. The van der Waals surface area contributed by atoms with E-state index in [1.165, 1.54) is 18.4 Å². The van der Waals surface area contributed by atoms with E-state index in [2.05, 4.69) is 35.8 Å². The Morgan fingerprint density at radius 2 is 2.11 bits per heavy atom. The molecule has 2 unspecified atom stereocenters. The van der Waals surface area contributed by atoms with Crippen molar-refractivity contribution in [1.82, 2.24) is 4.57 Å². The predicted molar refractivity (Wildman–Crippen MR) is 81.9 cm³/mol. The molecule has 2 atom stereocenters. The molecule has 0 aliphatic carbocycles. The fourth-order valence-corrected chi connectivity index (χ4v) is 3.03. The number of fused-ring (bicyclic) bond motifs is 1. The van der Waals surface area contributed by atoms with Crippen molar-refractivity contribution in [3.05, 3.63) is 34.3 Å². The molecule has 2 aromatic rings. The number of benzene rings is 1. The Balaban J connectivity index is 2.39. The van der Waals surface area contributed by atoms with Crippen molar-refractivity contribution in [1.29, 1.82) is 0 Å². The number of hydrogen-bond acceptors (Lipinski definition) is 2. The number of alkyl halides is 1. The van der Waals surface area contributed by atoms with Gasteiger partial charge in [-0.2, -0.15) is 0 Å². The Hall–Kier alpha value is -1.03. The van der Waals surface area contributed by atoms with Crippen LogP contribution >= 0.6 is 15.9 Å². The van der Waals surface area contributed by atoms with Gasteiger partial charge in [0.15, 0.2) is 5.58 Å². The van der Waals surface area contributed by atoms with Gasteiger partial charge in [0.25, 0.3) is 0 Å². The average Bonchev–Trinajstić information content (AvgIpc) is 2.72. The molecular formula is C15H20BrNO2. The molecule has 0 amide bonds. The van der Waals surface area contributed by atoms with Gasteiger partial charge in [-0.05, 0) is 37.0 Å². The highest BCUT2D eigenvalue weighted by Crippen LogP contribution is 2.34. The number of oxazole rings is 1. The van der Waals surface area contributed by atoms with Crippen molar-refractivity contribution in [3.8, 4) is 0 Å². The summed E-state index contributed by atoms with van der Waals surface area (Å²) in [5.41, 5.74) is 2.72. The maximum atomic E-state index is 11.7. The molecule has 0 radical (unpaired) electrons. The number of aromatic nitrogens is 1. The summed E-state index contributed by atoms with van der Waals surface area (Å²) in [6.45, 7) is 7.01. The molecule has 2 rings (SSSR count). The van der Waals surface area contributed by atoms with Gasteiger partial charge in [-0.15, -0.1) is 0 Å². The van der Waals surface area contributed by atoms with Crippen molar-refractivity contribution < 1.29 is 4.42 Å². The average molecular weight is 326 g/mol. The zero-order chi connectivity index (χ0) is 14.0. The summed E-state index contributed by atoms with van der Waals surface area (Å²) in [7, 11) is 0. The van der Waals surface area contributed by atoms with Gasteiger partial charge in [-0.1, -0.05) is 42.3 Å². The van der Waals surface area contributed by atoms with Gasteiger partial charge in [-0.25, -0.2) is 4.79 Å². The molecular weight excluding hydrogens is 306 g/mol. The number of nitrogens with zero attached hydrogens (tertiary/aromatic N) is 1. The zero-order valence-corrected chi connectivity index (χ0v) is 13.2. The molecule has 0 aliphatic heterocycles. The lowest BCUT2D eigenvalue weighted by atomic mass is 9.96. The molecule has 104 valence electrons. The van der Waals surface area contributed by atoms with Crippen LogP contribution in [-0.4, -0.2) is 4.57 Å². The molecule has 4 heteroatoms. The van der Waals surface area contributed by atoms with E-state index in [1.54, 1.807) is 4.57 Å². The van der Waals surface area contributed by atoms with Crippen LogP contribution in [0.1, 0.15) is 44.0 Å². The highest BCUT2D eigenvalue weighted by atomic mass is 79.9. The van der Waals surface area contributed by atoms with E-state index < -0.39 is 0 Å². The molecule has 0 bridgehead atoms. The topological polar surface area (TPSA) is 35.1 Å². The van der Waals surface area contributed by atoms with E-state index in [-0.39, 0.29) is 5.76 Å². The Kier molecular flexibility index (Phi) is 4.50. The second-order valence-electron chi connectivity index (χ2n) is 5.01. The monoisotopic (exact) mass is 325 g/mol. The number of hydrogen-bond donors (Lipinski definition) is 0. The van der Waals surface area contributed by atoms with Crippen LogP contribution in [0.15, 0.2) is 27.4 Å². The summed E-state index contributed by atoms with van der Waals surface area (Å²) in [6.07, 6.45) is 2.35. The highest BCUT2D eigenvalue weighted by molar-refractivity contribution is 9.09. The fraction of sp³-hybridized carbons (Fsp3) is 0.533. The highest BCUT2D eigenvalue weighted by Gasteiger charge is 2.17. The minimum Gasteiger partial charge on any atom is -0.408 e. The summed E-state index contributed by atoms with van der Waals surface area (Å²) < 4.78 is 6.96. The van der Waals surface area contributed by atoms with Gasteiger partial charge in [0.2, 0.25) is 0 Å². The number of halogens is 1. The standard InChI is InChI=1S/C15H20BrNO2/c1-4-6-10(3)14(16)11-7-8-12-13(9-11)19-15(18)17(12)5-2/h7-10,14H,4-6H2,1-3H3. The van der Waals surface area contributed by atoms with Gasteiger partial charge in [0.1, 0.15) is 0 Å². The lowest BCUT2D eigenvalue weighted by Gasteiger charge is -2.17.